The Labute approximate surface area is 189 Å². The molecule has 0 saturated carbocycles. The van der Waals surface area contributed by atoms with Crippen molar-refractivity contribution in [3.63, 3.8) is 0 Å². The molecule has 3 heterocycles. The summed E-state index contributed by atoms with van der Waals surface area (Å²) in [5.41, 5.74) is 1.86. The zero-order chi connectivity index (χ0) is 23.4. The van der Waals surface area contributed by atoms with Gasteiger partial charge in [-0.05, 0) is 38.1 Å². The van der Waals surface area contributed by atoms with Crippen LogP contribution in [0.15, 0.2) is 70.6 Å². The molecule has 2 N–H and O–H groups in total. The SMILES string of the molecule is CCOC(=O)C1=C(COC(=O)c2cnn(-c3ccccc3)c2C)NC(=O)NC1c1ccco1. The molecule has 0 radical (unpaired) electrons. The lowest BCUT2D eigenvalue weighted by atomic mass is 10.0. The van der Waals surface area contributed by atoms with E-state index < -0.39 is 24.0 Å². The van der Waals surface area contributed by atoms with Gasteiger partial charge in [-0.25, -0.2) is 19.1 Å². The van der Waals surface area contributed by atoms with Crippen LogP contribution in [0.3, 0.4) is 0 Å². The molecule has 0 aliphatic carbocycles. The molecule has 10 nitrogen and oxygen atoms in total. The molecule has 0 saturated heterocycles. The number of rotatable bonds is 7. The molecule has 2 amide bonds. The molecule has 170 valence electrons. The Morgan fingerprint density at radius 3 is 2.61 bits per heavy atom. The molecular weight excluding hydrogens is 428 g/mol. The van der Waals surface area contributed by atoms with Crippen LogP contribution in [-0.4, -0.2) is 41.0 Å². The fourth-order valence-corrected chi connectivity index (χ4v) is 3.51. The first-order valence-electron chi connectivity index (χ1n) is 10.3. The van der Waals surface area contributed by atoms with Gasteiger partial charge in [-0.15, -0.1) is 0 Å². The van der Waals surface area contributed by atoms with Gasteiger partial charge in [0.25, 0.3) is 0 Å². The minimum Gasteiger partial charge on any atom is -0.467 e. The van der Waals surface area contributed by atoms with Crippen LogP contribution in [0.4, 0.5) is 4.79 Å². The Morgan fingerprint density at radius 1 is 1.12 bits per heavy atom. The maximum atomic E-state index is 12.8. The number of nitrogens with zero attached hydrogens (tertiary/aromatic N) is 2. The summed E-state index contributed by atoms with van der Waals surface area (Å²) >= 11 is 0. The second-order valence-electron chi connectivity index (χ2n) is 7.13. The lowest BCUT2D eigenvalue weighted by Crippen LogP contribution is -2.47. The number of carbonyl (C=O) groups is 3. The van der Waals surface area contributed by atoms with Gasteiger partial charge in [0.05, 0.1) is 41.7 Å². The average Bonchev–Trinajstić information content (AvgIpc) is 3.48. The fourth-order valence-electron chi connectivity index (χ4n) is 3.51. The summed E-state index contributed by atoms with van der Waals surface area (Å²) in [4.78, 5) is 37.7. The van der Waals surface area contributed by atoms with Gasteiger partial charge >= 0.3 is 18.0 Å². The Bertz CT molecular complexity index is 1200. The van der Waals surface area contributed by atoms with Crippen molar-refractivity contribution in [3.05, 3.63) is 83.2 Å². The minimum absolute atomic E-state index is 0.0934. The lowest BCUT2D eigenvalue weighted by Gasteiger charge is -2.27. The second-order valence-corrected chi connectivity index (χ2v) is 7.13. The Hall–Kier alpha value is -4.34. The summed E-state index contributed by atoms with van der Waals surface area (Å²) < 4.78 is 17.6. The van der Waals surface area contributed by atoms with E-state index in [-0.39, 0.29) is 30.0 Å². The Morgan fingerprint density at radius 2 is 1.91 bits per heavy atom. The van der Waals surface area contributed by atoms with E-state index in [0.717, 1.165) is 5.69 Å². The summed E-state index contributed by atoms with van der Waals surface area (Å²) in [6.07, 6.45) is 2.84. The second kappa shape index (κ2) is 9.43. The van der Waals surface area contributed by atoms with E-state index in [2.05, 4.69) is 15.7 Å². The zero-order valence-electron chi connectivity index (χ0n) is 18.0. The number of para-hydroxylation sites is 1. The predicted octanol–water partition coefficient (Wildman–Crippen LogP) is 2.80. The van der Waals surface area contributed by atoms with E-state index in [1.807, 2.05) is 30.3 Å². The van der Waals surface area contributed by atoms with Gasteiger partial charge in [0.15, 0.2) is 0 Å². The van der Waals surface area contributed by atoms with Crippen LogP contribution in [0.5, 0.6) is 0 Å². The standard InChI is InChI=1S/C23H22N4O6/c1-3-31-22(29)19-17(25-23(30)26-20(19)18-10-7-11-32-18)13-33-21(28)16-12-24-27(14(16)2)15-8-5-4-6-9-15/h4-12,20H,3,13H2,1-2H3,(H2,25,26,30). The number of benzene rings is 1. The third-order valence-corrected chi connectivity index (χ3v) is 5.05. The van der Waals surface area contributed by atoms with Gasteiger partial charge in [-0.2, -0.15) is 5.10 Å². The highest BCUT2D eigenvalue weighted by Gasteiger charge is 2.36. The van der Waals surface area contributed by atoms with Crippen LogP contribution in [0.25, 0.3) is 5.69 Å². The number of nitrogens with one attached hydrogen (secondary N) is 2. The van der Waals surface area contributed by atoms with E-state index in [1.165, 1.54) is 12.5 Å². The highest BCUT2D eigenvalue weighted by molar-refractivity contribution is 5.95. The van der Waals surface area contributed by atoms with Crippen LogP contribution in [-0.2, 0) is 14.3 Å². The van der Waals surface area contributed by atoms with Gasteiger partial charge in [0, 0.05) is 0 Å². The maximum absolute atomic E-state index is 12.8. The van der Waals surface area contributed by atoms with E-state index in [0.29, 0.717) is 11.5 Å². The molecule has 1 unspecified atom stereocenters. The van der Waals surface area contributed by atoms with Crippen molar-refractivity contribution >= 4 is 18.0 Å². The Balaban J connectivity index is 1.59. The number of hydrogen-bond donors (Lipinski definition) is 2. The summed E-state index contributed by atoms with van der Waals surface area (Å²) in [6, 6.07) is 11.2. The third kappa shape index (κ3) is 4.49. The van der Waals surface area contributed by atoms with Crippen LogP contribution in [0.1, 0.15) is 34.8 Å². The van der Waals surface area contributed by atoms with Crippen molar-refractivity contribution in [2.75, 3.05) is 13.2 Å². The van der Waals surface area contributed by atoms with Crippen molar-refractivity contribution in [2.45, 2.75) is 19.9 Å². The van der Waals surface area contributed by atoms with Crippen LogP contribution >= 0.6 is 0 Å². The monoisotopic (exact) mass is 450 g/mol. The smallest absolute Gasteiger partial charge is 0.342 e. The average molecular weight is 450 g/mol. The van der Waals surface area contributed by atoms with Crippen LogP contribution < -0.4 is 10.6 Å². The van der Waals surface area contributed by atoms with Crippen LogP contribution in [0.2, 0.25) is 0 Å². The molecule has 0 fully saturated rings. The Kier molecular flexibility index (Phi) is 6.25. The van der Waals surface area contributed by atoms with E-state index in [4.69, 9.17) is 13.9 Å². The summed E-state index contributed by atoms with van der Waals surface area (Å²) in [5.74, 6) is -0.963. The molecule has 10 heteroatoms. The number of amides is 2. The van der Waals surface area contributed by atoms with Gasteiger partial charge < -0.3 is 24.5 Å². The quantitative estimate of drug-likeness (QED) is 0.530. The molecular formula is C23H22N4O6. The number of ether oxygens (including phenoxy) is 2. The number of urea groups is 1. The highest BCUT2D eigenvalue weighted by Crippen LogP contribution is 2.28. The summed E-state index contributed by atoms with van der Waals surface area (Å²) in [6.45, 7) is 3.20. The molecule has 0 spiro atoms. The van der Waals surface area contributed by atoms with E-state index in [1.54, 1.807) is 30.7 Å². The van der Waals surface area contributed by atoms with Gasteiger partial charge in [-0.3, -0.25) is 0 Å². The summed E-state index contributed by atoms with van der Waals surface area (Å²) in [5, 5.41) is 9.44. The number of furan rings is 1. The first-order chi connectivity index (χ1) is 16.0. The molecule has 3 aromatic rings. The molecule has 1 aliphatic heterocycles. The van der Waals surface area contributed by atoms with Crippen molar-refractivity contribution in [3.8, 4) is 5.69 Å². The van der Waals surface area contributed by atoms with E-state index in [9.17, 15) is 14.4 Å². The fraction of sp³-hybridized carbons (Fsp3) is 0.217. The first kappa shape index (κ1) is 21.9. The molecule has 1 aromatic carbocycles. The number of hydrogen-bond acceptors (Lipinski definition) is 7. The third-order valence-electron chi connectivity index (χ3n) is 5.05. The summed E-state index contributed by atoms with van der Waals surface area (Å²) in [7, 11) is 0. The van der Waals surface area contributed by atoms with Crippen molar-refractivity contribution in [2.24, 2.45) is 0 Å². The normalized spacial score (nSPS) is 15.6. The van der Waals surface area contributed by atoms with Crippen LogP contribution in [0, 0.1) is 6.92 Å². The minimum atomic E-state index is -0.885. The first-order valence-corrected chi connectivity index (χ1v) is 10.3. The topological polar surface area (TPSA) is 125 Å². The lowest BCUT2D eigenvalue weighted by molar-refractivity contribution is -0.139. The largest absolute Gasteiger partial charge is 0.467 e. The molecule has 2 aromatic heterocycles. The van der Waals surface area contributed by atoms with Crippen molar-refractivity contribution < 1.29 is 28.3 Å². The predicted molar refractivity (Wildman–Crippen MR) is 115 cm³/mol. The van der Waals surface area contributed by atoms with Crippen molar-refractivity contribution in [1.82, 2.24) is 20.4 Å². The molecule has 0 bridgehead atoms. The number of aromatic nitrogens is 2. The molecule has 4 rings (SSSR count). The van der Waals surface area contributed by atoms with Crippen molar-refractivity contribution in [1.29, 1.82) is 0 Å². The van der Waals surface area contributed by atoms with E-state index >= 15 is 0 Å². The zero-order valence-corrected chi connectivity index (χ0v) is 18.0. The molecule has 1 atom stereocenters. The number of esters is 2. The highest BCUT2D eigenvalue weighted by atomic mass is 16.5. The van der Waals surface area contributed by atoms with Gasteiger partial charge in [0.1, 0.15) is 24.0 Å². The number of carbonyl (C=O) groups excluding carboxylic acids is 3. The molecule has 1 aliphatic rings. The van der Waals surface area contributed by atoms with Gasteiger partial charge in [0.2, 0.25) is 0 Å². The van der Waals surface area contributed by atoms with Gasteiger partial charge in [-0.1, -0.05) is 18.2 Å². The maximum Gasteiger partial charge on any atom is 0.342 e. The molecule has 33 heavy (non-hydrogen) atoms.